The number of nitrogens with two attached hydrogens (primary N) is 1. The minimum atomic E-state index is -0.326. The van der Waals surface area contributed by atoms with Crippen LogP contribution in [0.2, 0.25) is 0 Å². The number of hydrogen-bond donors (Lipinski definition) is 1. The molecule has 8 heteroatoms. The van der Waals surface area contributed by atoms with Crippen LogP contribution in [-0.2, 0) is 11.2 Å². The van der Waals surface area contributed by atoms with Crippen LogP contribution in [-0.4, -0.2) is 51.6 Å². The Morgan fingerprint density at radius 3 is 2.74 bits per heavy atom. The minimum absolute atomic E-state index is 0.0399. The first-order valence-electron chi connectivity index (χ1n) is 7.76. The van der Waals surface area contributed by atoms with E-state index in [4.69, 9.17) is 5.73 Å². The molecule has 0 spiro atoms. The summed E-state index contributed by atoms with van der Waals surface area (Å²) in [6.45, 7) is 0.504. The maximum absolute atomic E-state index is 12.3. The van der Waals surface area contributed by atoms with Crippen molar-refractivity contribution in [2.45, 2.75) is 25.2 Å². The number of carbonyl (C=O) groups is 2. The molecule has 1 saturated carbocycles. The second kappa shape index (κ2) is 5.02. The Balaban J connectivity index is 1.86. The van der Waals surface area contributed by atoms with E-state index in [1.54, 1.807) is 4.52 Å². The van der Waals surface area contributed by atoms with Gasteiger partial charge in [0.15, 0.2) is 11.5 Å². The molecule has 2 aliphatic rings. The molecule has 1 aliphatic carbocycles. The summed E-state index contributed by atoms with van der Waals surface area (Å²) < 4.78 is 1.71. The Morgan fingerprint density at radius 2 is 2.13 bits per heavy atom. The smallest absolute Gasteiger partial charge is 0.330 e. The first-order valence-corrected chi connectivity index (χ1v) is 7.76. The molecule has 1 aliphatic heterocycles. The number of urea groups is 1. The standard InChI is InChI=1S/C15H18N6O2/c1-19-13(22)8-20(15(19)23)11-6-10(9-2-3-9)7-21-14(11)17-12(18-21)4-5-16/h6-7,9H,2-5,8,16H2,1H3. The molecule has 4 rings (SSSR count). The fourth-order valence-corrected chi connectivity index (χ4v) is 2.89. The minimum Gasteiger partial charge on any atom is -0.330 e. The van der Waals surface area contributed by atoms with Gasteiger partial charge >= 0.3 is 6.03 Å². The van der Waals surface area contributed by atoms with Crippen LogP contribution in [0, 0.1) is 0 Å². The number of likely N-dealkylation sites (N-methyl/N-ethyl adjacent to an activating group) is 1. The van der Waals surface area contributed by atoms with Gasteiger partial charge in [-0.2, -0.15) is 5.10 Å². The van der Waals surface area contributed by atoms with Crippen LogP contribution in [0.5, 0.6) is 0 Å². The van der Waals surface area contributed by atoms with E-state index >= 15 is 0 Å². The molecule has 3 amide bonds. The number of fused-ring (bicyclic) bond motifs is 1. The van der Waals surface area contributed by atoms with E-state index in [9.17, 15) is 9.59 Å². The number of hydrogen-bond acceptors (Lipinski definition) is 5. The van der Waals surface area contributed by atoms with Gasteiger partial charge in [0.2, 0.25) is 5.91 Å². The van der Waals surface area contributed by atoms with Crippen LogP contribution in [0.1, 0.15) is 30.1 Å². The third-order valence-corrected chi connectivity index (χ3v) is 4.37. The zero-order valence-electron chi connectivity index (χ0n) is 12.9. The highest BCUT2D eigenvalue weighted by Gasteiger charge is 2.36. The van der Waals surface area contributed by atoms with E-state index in [0.717, 1.165) is 23.3 Å². The van der Waals surface area contributed by atoms with Gasteiger partial charge in [-0.25, -0.2) is 14.3 Å². The lowest BCUT2D eigenvalue weighted by molar-refractivity contribution is -0.123. The zero-order valence-corrected chi connectivity index (χ0v) is 12.9. The van der Waals surface area contributed by atoms with Gasteiger partial charge in [-0.3, -0.25) is 14.6 Å². The third-order valence-electron chi connectivity index (χ3n) is 4.37. The van der Waals surface area contributed by atoms with Crippen LogP contribution in [0.4, 0.5) is 10.5 Å². The van der Waals surface area contributed by atoms with Gasteiger partial charge in [-0.15, -0.1) is 0 Å². The first-order chi connectivity index (χ1) is 11.1. The van der Waals surface area contributed by atoms with Crippen LogP contribution in [0.25, 0.3) is 5.65 Å². The summed E-state index contributed by atoms with van der Waals surface area (Å²) in [5, 5.41) is 4.46. The van der Waals surface area contributed by atoms with Gasteiger partial charge in [-0.05, 0) is 36.9 Å². The molecule has 2 fully saturated rings. The monoisotopic (exact) mass is 314 g/mol. The van der Waals surface area contributed by atoms with Crippen LogP contribution < -0.4 is 10.6 Å². The van der Waals surface area contributed by atoms with Crippen LogP contribution >= 0.6 is 0 Å². The molecule has 0 unspecified atom stereocenters. The van der Waals surface area contributed by atoms with Crippen molar-refractivity contribution in [1.29, 1.82) is 0 Å². The summed E-state index contributed by atoms with van der Waals surface area (Å²) in [4.78, 5) is 31.3. The van der Waals surface area contributed by atoms with Crippen LogP contribution in [0.3, 0.4) is 0 Å². The fourth-order valence-electron chi connectivity index (χ4n) is 2.89. The quantitative estimate of drug-likeness (QED) is 0.829. The van der Waals surface area contributed by atoms with E-state index in [0.29, 0.717) is 36.0 Å². The third kappa shape index (κ3) is 2.26. The van der Waals surface area contributed by atoms with E-state index in [-0.39, 0.29) is 18.5 Å². The molecule has 120 valence electrons. The van der Waals surface area contributed by atoms with Crippen molar-refractivity contribution in [3.63, 3.8) is 0 Å². The zero-order chi connectivity index (χ0) is 16.1. The lowest BCUT2D eigenvalue weighted by atomic mass is 10.1. The maximum atomic E-state index is 12.3. The molecule has 0 aromatic carbocycles. The Morgan fingerprint density at radius 1 is 1.35 bits per heavy atom. The molecule has 0 atom stereocenters. The summed E-state index contributed by atoms with van der Waals surface area (Å²) in [7, 11) is 1.50. The Hall–Kier alpha value is -2.48. The second-order valence-corrected chi connectivity index (χ2v) is 6.09. The number of imide groups is 1. The van der Waals surface area contributed by atoms with E-state index in [2.05, 4.69) is 10.1 Å². The van der Waals surface area contributed by atoms with Crippen molar-refractivity contribution in [3.8, 4) is 0 Å². The topological polar surface area (TPSA) is 96.8 Å². The number of anilines is 1. The molecular weight excluding hydrogens is 296 g/mol. The summed E-state index contributed by atoms with van der Waals surface area (Å²) in [5.74, 6) is 0.936. The molecule has 3 heterocycles. The molecular formula is C15H18N6O2. The number of nitrogens with zero attached hydrogens (tertiary/aromatic N) is 5. The predicted molar refractivity (Wildman–Crippen MR) is 83.2 cm³/mol. The van der Waals surface area contributed by atoms with Gasteiger partial charge in [0, 0.05) is 19.7 Å². The molecule has 2 N–H and O–H groups in total. The molecule has 2 aromatic rings. The summed E-state index contributed by atoms with van der Waals surface area (Å²) >= 11 is 0. The number of amides is 3. The fraction of sp³-hybridized carbons (Fsp3) is 0.467. The SMILES string of the molecule is CN1C(=O)CN(c2cc(C3CC3)cn3nc(CCN)nc23)C1=O. The van der Waals surface area contributed by atoms with Crippen molar-refractivity contribution in [3.05, 3.63) is 23.7 Å². The van der Waals surface area contributed by atoms with Gasteiger partial charge < -0.3 is 5.73 Å². The Bertz CT molecular complexity index is 810. The lowest BCUT2D eigenvalue weighted by Crippen LogP contribution is -2.30. The summed E-state index contributed by atoms with van der Waals surface area (Å²) in [6.07, 6.45) is 4.83. The molecule has 0 radical (unpaired) electrons. The van der Waals surface area contributed by atoms with Gasteiger partial charge in [0.25, 0.3) is 0 Å². The van der Waals surface area contributed by atoms with Gasteiger partial charge in [-0.1, -0.05) is 0 Å². The Kier molecular flexibility index (Phi) is 3.08. The highest BCUT2D eigenvalue weighted by atomic mass is 16.2. The molecule has 1 saturated heterocycles. The predicted octanol–water partition coefficient (Wildman–Crippen LogP) is 0.506. The first kappa shape index (κ1) is 14.1. The average molecular weight is 314 g/mol. The highest BCUT2D eigenvalue weighted by Crippen LogP contribution is 2.42. The van der Waals surface area contributed by atoms with Crippen molar-refractivity contribution >= 4 is 23.3 Å². The van der Waals surface area contributed by atoms with Crippen molar-refractivity contribution in [2.24, 2.45) is 5.73 Å². The second-order valence-electron chi connectivity index (χ2n) is 6.09. The molecule has 0 bridgehead atoms. The number of pyridine rings is 1. The van der Waals surface area contributed by atoms with Crippen molar-refractivity contribution in [2.75, 3.05) is 25.0 Å². The average Bonchev–Trinajstić information content (AvgIpc) is 3.25. The number of aromatic nitrogens is 3. The summed E-state index contributed by atoms with van der Waals surface area (Å²) in [6, 6.07) is 1.64. The van der Waals surface area contributed by atoms with Gasteiger partial charge in [0.05, 0.1) is 5.69 Å². The number of rotatable bonds is 4. The summed E-state index contributed by atoms with van der Waals surface area (Å²) in [5.41, 5.74) is 7.95. The number of carbonyl (C=O) groups excluding carboxylic acids is 2. The van der Waals surface area contributed by atoms with Crippen molar-refractivity contribution in [1.82, 2.24) is 19.5 Å². The van der Waals surface area contributed by atoms with Crippen molar-refractivity contribution < 1.29 is 9.59 Å². The maximum Gasteiger partial charge on any atom is 0.331 e. The van der Waals surface area contributed by atoms with E-state index in [1.807, 2.05) is 12.3 Å². The lowest BCUT2D eigenvalue weighted by Gasteiger charge is -2.16. The molecule has 8 nitrogen and oxygen atoms in total. The van der Waals surface area contributed by atoms with E-state index < -0.39 is 0 Å². The Labute approximate surface area is 132 Å². The molecule has 2 aromatic heterocycles. The van der Waals surface area contributed by atoms with E-state index in [1.165, 1.54) is 11.9 Å². The normalized spacial score (nSPS) is 18.5. The van der Waals surface area contributed by atoms with Crippen LogP contribution in [0.15, 0.2) is 12.3 Å². The molecule has 23 heavy (non-hydrogen) atoms. The highest BCUT2D eigenvalue weighted by molar-refractivity contribution is 6.13. The van der Waals surface area contributed by atoms with Gasteiger partial charge in [0.1, 0.15) is 6.54 Å². The largest absolute Gasteiger partial charge is 0.331 e.